The van der Waals surface area contributed by atoms with Crippen molar-refractivity contribution in [2.24, 2.45) is 0 Å². The number of methoxy groups -OCH3 is 1. The molecule has 6 heteroatoms. The predicted octanol–water partition coefficient (Wildman–Crippen LogP) is 3.62. The standard InChI is InChI=1S/C13H9Cl2NO3/c1-18-12-9(15)6-5-8(14)11(12)13(17)19-10-4-2-3-7-16-10/h2-7H,1H3. The van der Waals surface area contributed by atoms with Gasteiger partial charge in [-0.2, -0.15) is 0 Å². The van der Waals surface area contributed by atoms with Crippen molar-refractivity contribution in [2.75, 3.05) is 7.11 Å². The van der Waals surface area contributed by atoms with Crippen molar-refractivity contribution in [3.8, 4) is 11.6 Å². The largest absolute Gasteiger partial charge is 0.494 e. The highest BCUT2D eigenvalue weighted by molar-refractivity contribution is 6.37. The van der Waals surface area contributed by atoms with Crippen molar-refractivity contribution in [1.82, 2.24) is 4.98 Å². The van der Waals surface area contributed by atoms with Crippen LogP contribution in [0.5, 0.6) is 11.6 Å². The van der Waals surface area contributed by atoms with Crippen LogP contribution in [0.4, 0.5) is 0 Å². The molecule has 0 fully saturated rings. The number of benzene rings is 1. The molecule has 0 bridgehead atoms. The molecule has 0 atom stereocenters. The second-order valence-corrected chi connectivity index (χ2v) is 4.31. The number of pyridine rings is 1. The van der Waals surface area contributed by atoms with Gasteiger partial charge in [0.15, 0.2) is 5.75 Å². The molecule has 0 saturated carbocycles. The Labute approximate surface area is 119 Å². The minimum atomic E-state index is -0.678. The molecule has 0 N–H and O–H groups in total. The summed E-state index contributed by atoms with van der Waals surface area (Å²) >= 11 is 11.9. The lowest BCUT2D eigenvalue weighted by Gasteiger charge is -2.11. The second-order valence-electron chi connectivity index (χ2n) is 3.49. The summed E-state index contributed by atoms with van der Waals surface area (Å²) in [6.07, 6.45) is 1.51. The summed E-state index contributed by atoms with van der Waals surface area (Å²) in [5.74, 6) is -0.330. The first-order valence-electron chi connectivity index (χ1n) is 5.28. The van der Waals surface area contributed by atoms with E-state index in [1.807, 2.05) is 0 Å². The Balaban J connectivity index is 2.36. The molecule has 0 saturated heterocycles. The molecule has 1 aromatic heterocycles. The molecule has 19 heavy (non-hydrogen) atoms. The minimum Gasteiger partial charge on any atom is -0.494 e. The van der Waals surface area contributed by atoms with Crippen LogP contribution in [0.1, 0.15) is 10.4 Å². The lowest BCUT2D eigenvalue weighted by atomic mass is 10.2. The van der Waals surface area contributed by atoms with Gasteiger partial charge in [0.25, 0.3) is 0 Å². The van der Waals surface area contributed by atoms with E-state index in [2.05, 4.69) is 4.98 Å². The average Bonchev–Trinajstić information content (AvgIpc) is 2.42. The van der Waals surface area contributed by atoms with E-state index in [0.29, 0.717) is 0 Å². The molecule has 0 amide bonds. The summed E-state index contributed by atoms with van der Waals surface area (Å²) in [7, 11) is 1.40. The van der Waals surface area contributed by atoms with Crippen LogP contribution in [0, 0.1) is 0 Å². The van der Waals surface area contributed by atoms with Gasteiger partial charge in [-0.25, -0.2) is 9.78 Å². The highest BCUT2D eigenvalue weighted by Gasteiger charge is 2.21. The zero-order valence-electron chi connectivity index (χ0n) is 9.89. The third kappa shape index (κ3) is 2.97. The van der Waals surface area contributed by atoms with Gasteiger partial charge in [0.2, 0.25) is 5.88 Å². The van der Waals surface area contributed by atoms with Gasteiger partial charge in [-0.05, 0) is 18.2 Å². The molecule has 2 rings (SSSR count). The second kappa shape index (κ2) is 5.91. The van der Waals surface area contributed by atoms with Crippen molar-refractivity contribution in [3.63, 3.8) is 0 Å². The first-order chi connectivity index (χ1) is 9.13. The van der Waals surface area contributed by atoms with Gasteiger partial charge in [0.05, 0.1) is 17.2 Å². The van der Waals surface area contributed by atoms with E-state index < -0.39 is 5.97 Å². The Morgan fingerprint density at radius 1 is 1.16 bits per heavy atom. The van der Waals surface area contributed by atoms with Crippen LogP contribution in [0.2, 0.25) is 10.0 Å². The van der Waals surface area contributed by atoms with Crippen LogP contribution in [-0.4, -0.2) is 18.1 Å². The molecule has 0 aliphatic carbocycles. The maximum absolute atomic E-state index is 12.1. The van der Waals surface area contributed by atoms with Crippen molar-refractivity contribution in [3.05, 3.63) is 52.1 Å². The molecule has 98 valence electrons. The topological polar surface area (TPSA) is 48.4 Å². The Kier molecular flexibility index (Phi) is 4.24. The summed E-state index contributed by atoms with van der Waals surface area (Å²) in [6.45, 7) is 0. The number of nitrogens with zero attached hydrogens (tertiary/aromatic N) is 1. The van der Waals surface area contributed by atoms with E-state index in [1.165, 1.54) is 19.4 Å². The summed E-state index contributed by atoms with van der Waals surface area (Å²) < 4.78 is 10.2. The SMILES string of the molecule is COc1c(Cl)ccc(Cl)c1C(=O)Oc1ccccn1. The zero-order valence-corrected chi connectivity index (χ0v) is 11.4. The van der Waals surface area contributed by atoms with Gasteiger partial charge < -0.3 is 9.47 Å². The third-order valence-corrected chi connectivity index (χ3v) is 2.91. The summed E-state index contributed by atoms with van der Waals surface area (Å²) in [5, 5.41) is 0.474. The van der Waals surface area contributed by atoms with Gasteiger partial charge in [-0.15, -0.1) is 0 Å². The lowest BCUT2D eigenvalue weighted by molar-refractivity contribution is 0.0724. The number of hydrogen-bond acceptors (Lipinski definition) is 4. The van der Waals surface area contributed by atoms with Crippen molar-refractivity contribution in [2.45, 2.75) is 0 Å². The number of carbonyl (C=O) groups excluding carboxylic acids is 1. The number of esters is 1. The molecule has 1 aromatic carbocycles. The first kappa shape index (κ1) is 13.6. The minimum absolute atomic E-state index is 0.0716. The van der Waals surface area contributed by atoms with E-state index in [-0.39, 0.29) is 27.2 Å². The van der Waals surface area contributed by atoms with E-state index in [4.69, 9.17) is 32.7 Å². The maximum Gasteiger partial charge on any atom is 0.350 e. The molecule has 4 nitrogen and oxygen atoms in total. The van der Waals surface area contributed by atoms with E-state index in [1.54, 1.807) is 24.3 Å². The molecule has 1 heterocycles. The number of ether oxygens (including phenoxy) is 2. The molecule has 0 radical (unpaired) electrons. The fourth-order valence-corrected chi connectivity index (χ4v) is 1.94. The summed E-state index contributed by atoms with van der Waals surface area (Å²) in [4.78, 5) is 16.0. The van der Waals surface area contributed by atoms with Gasteiger partial charge in [-0.3, -0.25) is 0 Å². The van der Waals surface area contributed by atoms with Crippen LogP contribution in [-0.2, 0) is 0 Å². The molecule has 0 unspecified atom stereocenters. The van der Waals surface area contributed by atoms with Crippen LogP contribution >= 0.6 is 23.2 Å². The Morgan fingerprint density at radius 2 is 1.89 bits per heavy atom. The van der Waals surface area contributed by atoms with Crippen LogP contribution < -0.4 is 9.47 Å². The monoisotopic (exact) mass is 297 g/mol. The van der Waals surface area contributed by atoms with Crippen molar-refractivity contribution >= 4 is 29.2 Å². The Bertz CT molecular complexity index is 602. The normalized spacial score (nSPS) is 10.1. The number of hydrogen-bond donors (Lipinski definition) is 0. The van der Waals surface area contributed by atoms with E-state index in [0.717, 1.165) is 0 Å². The molecule has 0 aliphatic heterocycles. The summed E-state index contributed by atoms with van der Waals surface area (Å²) in [5.41, 5.74) is 0.0716. The van der Waals surface area contributed by atoms with Crippen LogP contribution in [0.3, 0.4) is 0 Å². The van der Waals surface area contributed by atoms with Gasteiger partial charge >= 0.3 is 5.97 Å². The maximum atomic E-state index is 12.1. The number of aromatic nitrogens is 1. The quantitative estimate of drug-likeness (QED) is 0.812. The van der Waals surface area contributed by atoms with Gasteiger partial charge in [0.1, 0.15) is 5.56 Å². The van der Waals surface area contributed by atoms with Crippen LogP contribution in [0.25, 0.3) is 0 Å². The van der Waals surface area contributed by atoms with Crippen molar-refractivity contribution in [1.29, 1.82) is 0 Å². The number of carbonyl (C=O) groups is 1. The average molecular weight is 298 g/mol. The van der Waals surface area contributed by atoms with Crippen LogP contribution in [0.15, 0.2) is 36.5 Å². The third-order valence-electron chi connectivity index (χ3n) is 2.30. The zero-order chi connectivity index (χ0) is 13.8. The first-order valence-corrected chi connectivity index (χ1v) is 6.04. The Hall–Kier alpha value is -1.78. The van der Waals surface area contributed by atoms with Crippen molar-refractivity contribution < 1.29 is 14.3 Å². The molecular weight excluding hydrogens is 289 g/mol. The van der Waals surface area contributed by atoms with Gasteiger partial charge in [0, 0.05) is 12.3 Å². The Morgan fingerprint density at radius 3 is 2.53 bits per heavy atom. The fraction of sp³-hybridized carbons (Fsp3) is 0.0769. The molecular formula is C13H9Cl2NO3. The van der Waals surface area contributed by atoms with E-state index >= 15 is 0 Å². The highest BCUT2D eigenvalue weighted by atomic mass is 35.5. The summed E-state index contributed by atoms with van der Waals surface area (Å²) in [6, 6.07) is 8.02. The smallest absolute Gasteiger partial charge is 0.350 e. The number of rotatable bonds is 3. The predicted molar refractivity (Wildman–Crippen MR) is 72.2 cm³/mol. The van der Waals surface area contributed by atoms with Gasteiger partial charge in [-0.1, -0.05) is 29.3 Å². The molecule has 0 aliphatic rings. The molecule has 0 spiro atoms. The fourth-order valence-electron chi connectivity index (χ4n) is 1.48. The van der Waals surface area contributed by atoms with E-state index in [9.17, 15) is 4.79 Å². The highest BCUT2D eigenvalue weighted by Crippen LogP contribution is 2.34. The lowest BCUT2D eigenvalue weighted by Crippen LogP contribution is -2.12. The number of halogens is 2. The molecule has 2 aromatic rings.